The van der Waals surface area contributed by atoms with E-state index in [1.807, 2.05) is 0 Å². The van der Waals surface area contributed by atoms with Crippen LogP contribution in [-0.4, -0.2) is 154 Å². The summed E-state index contributed by atoms with van der Waals surface area (Å²) in [6.07, 6.45) is -8.41. The first-order valence-corrected chi connectivity index (χ1v) is 17.5. The summed E-state index contributed by atoms with van der Waals surface area (Å²) in [7, 11) is 0. The average molecular weight is 765 g/mol. The third-order valence-electron chi connectivity index (χ3n) is 7.35. The summed E-state index contributed by atoms with van der Waals surface area (Å²) in [5, 5.41) is 48.1. The summed E-state index contributed by atoms with van der Waals surface area (Å²) in [4.78, 5) is 0. The molecule has 1 rings (SSSR count). The molecular formula is C32H58F6O13. The van der Waals surface area contributed by atoms with Crippen LogP contribution in [0.25, 0.3) is 0 Å². The summed E-state index contributed by atoms with van der Waals surface area (Å²) < 4.78 is 119. The molecule has 51 heavy (non-hydrogen) atoms. The van der Waals surface area contributed by atoms with Crippen molar-refractivity contribution in [3.8, 4) is 0 Å². The molecule has 5 N–H and O–H groups in total. The fraction of sp³-hybridized carbons (Fsp3) is 1.00. The van der Waals surface area contributed by atoms with Crippen molar-refractivity contribution in [2.24, 2.45) is 0 Å². The monoisotopic (exact) mass is 764 g/mol. The quantitative estimate of drug-likeness (QED) is 0.0469. The number of hydrogen-bond donors (Lipinski definition) is 5. The van der Waals surface area contributed by atoms with Crippen molar-refractivity contribution in [2.45, 2.75) is 126 Å². The Hall–Kier alpha value is -0.940. The molecule has 0 spiro atoms. The molecule has 0 aromatic carbocycles. The van der Waals surface area contributed by atoms with Crippen LogP contribution >= 0.6 is 0 Å². The summed E-state index contributed by atoms with van der Waals surface area (Å²) in [6, 6.07) is 0. The number of aliphatic hydroxyl groups is 5. The molecule has 0 amide bonds. The van der Waals surface area contributed by atoms with Gasteiger partial charge >= 0.3 is 18.5 Å². The number of halogens is 6. The van der Waals surface area contributed by atoms with Crippen molar-refractivity contribution in [1.82, 2.24) is 0 Å². The van der Waals surface area contributed by atoms with Crippen LogP contribution < -0.4 is 0 Å². The van der Waals surface area contributed by atoms with Gasteiger partial charge in [-0.05, 0) is 32.1 Å². The van der Waals surface area contributed by atoms with E-state index in [1.54, 1.807) is 0 Å². The molecule has 1 fully saturated rings. The van der Waals surface area contributed by atoms with Crippen molar-refractivity contribution < 1.29 is 89.8 Å². The summed E-state index contributed by atoms with van der Waals surface area (Å²) in [5.41, 5.74) is 0. The van der Waals surface area contributed by atoms with E-state index in [9.17, 15) is 46.8 Å². The van der Waals surface area contributed by atoms with E-state index in [-0.39, 0.29) is 58.5 Å². The second-order valence-electron chi connectivity index (χ2n) is 12.5. The smallest absolute Gasteiger partial charge is 0.396 e. The first kappa shape index (κ1) is 48.1. The fourth-order valence-electron chi connectivity index (χ4n) is 4.88. The standard InChI is InChI=1S/C32H58F6O13/c33-30(34,50-32(37,38)51-31(35,36)24-48-21-27(42)20-47-19-26(41)17-44-14-8-13-39)23-46-16-15-45-18-28(43)22-49-29-11-5-3-1-2-4-9-25(40)10-6-7-12-29/h25-29,39-43H,1-24H2. The van der Waals surface area contributed by atoms with Gasteiger partial charge in [0.1, 0.15) is 31.5 Å². The van der Waals surface area contributed by atoms with Crippen molar-refractivity contribution in [3.05, 3.63) is 0 Å². The van der Waals surface area contributed by atoms with Crippen LogP contribution in [0.5, 0.6) is 0 Å². The van der Waals surface area contributed by atoms with E-state index in [0.717, 1.165) is 70.6 Å². The Morgan fingerprint density at radius 3 is 1.57 bits per heavy atom. The second-order valence-corrected chi connectivity index (χ2v) is 12.5. The molecule has 19 heteroatoms. The van der Waals surface area contributed by atoms with Crippen molar-refractivity contribution in [3.63, 3.8) is 0 Å². The van der Waals surface area contributed by atoms with Gasteiger partial charge in [-0.2, -0.15) is 17.6 Å². The van der Waals surface area contributed by atoms with Crippen LogP contribution in [0.15, 0.2) is 0 Å². The van der Waals surface area contributed by atoms with E-state index in [0.29, 0.717) is 6.42 Å². The molecule has 5 atom stereocenters. The summed E-state index contributed by atoms with van der Waals surface area (Å²) >= 11 is 0. The zero-order valence-electron chi connectivity index (χ0n) is 29.1. The molecule has 0 saturated heterocycles. The van der Waals surface area contributed by atoms with Gasteiger partial charge < -0.3 is 54.0 Å². The van der Waals surface area contributed by atoms with Crippen LogP contribution in [0.2, 0.25) is 0 Å². The molecule has 0 aromatic heterocycles. The van der Waals surface area contributed by atoms with E-state index in [1.165, 1.54) is 0 Å². The molecule has 13 nitrogen and oxygen atoms in total. The van der Waals surface area contributed by atoms with Gasteiger partial charge in [-0.25, -0.2) is 9.47 Å². The van der Waals surface area contributed by atoms with Crippen LogP contribution in [0, 0.1) is 0 Å². The Balaban J connectivity index is 2.23. The lowest BCUT2D eigenvalue weighted by Crippen LogP contribution is -2.44. The fourth-order valence-corrected chi connectivity index (χ4v) is 4.88. The first-order chi connectivity index (χ1) is 24.1. The van der Waals surface area contributed by atoms with E-state index < -0.39 is 69.9 Å². The molecule has 5 unspecified atom stereocenters. The maximum absolute atomic E-state index is 13.9. The lowest BCUT2D eigenvalue weighted by atomic mass is 10.0. The van der Waals surface area contributed by atoms with Gasteiger partial charge in [0, 0.05) is 13.2 Å². The highest BCUT2D eigenvalue weighted by molar-refractivity contribution is 4.65. The van der Waals surface area contributed by atoms with Crippen LogP contribution in [-0.2, 0) is 37.9 Å². The summed E-state index contributed by atoms with van der Waals surface area (Å²) in [6.45, 7) is -6.31. The molecule has 0 aromatic rings. The van der Waals surface area contributed by atoms with Crippen LogP contribution in [0.3, 0.4) is 0 Å². The van der Waals surface area contributed by atoms with Crippen LogP contribution in [0.4, 0.5) is 26.3 Å². The lowest BCUT2D eigenvalue weighted by molar-refractivity contribution is -0.518. The zero-order valence-corrected chi connectivity index (χ0v) is 29.1. The highest BCUT2D eigenvalue weighted by atomic mass is 19.3. The van der Waals surface area contributed by atoms with Gasteiger partial charge in [-0.1, -0.05) is 44.9 Å². The first-order valence-electron chi connectivity index (χ1n) is 17.5. The molecule has 306 valence electrons. The maximum atomic E-state index is 13.9. The topological polar surface area (TPSA) is 175 Å². The number of ether oxygens (including phenoxy) is 8. The van der Waals surface area contributed by atoms with E-state index >= 15 is 0 Å². The molecule has 1 saturated carbocycles. The number of rotatable bonds is 27. The number of aliphatic hydroxyl groups excluding tert-OH is 5. The molecule has 0 bridgehead atoms. The highest BCUT2D eigenvalue weighted by Gasteiger charge is 2.52. The predicted molar refractivity (Wildman–Crippen MR) is 167 cm³/mol. The number of alkyl halides is 6. The molecular weight excluding hydrogens is 706 g/mol. The number of hydrogen-bond acceptors (Lipinski definition) is 13. The highest BCUT2D eigenvalue weighted by Crippen LogP contribution is 2.33. The minimum atomic E-state index is -5.47. The van der Waals surface area contributed by atoms with Crippen molar-refractivity contribution in [1.29, 1.82) is 0 Å². The normalized spacial score (nSPS) is 21.0. The molecule has 0 heterocycles. The Morgan fingerprint density at radius 1 is 0.529 bits per heavy atom. The van der Waals surface area contributed by atoms with Crippen molar-refractivity contribution in [2.75, 3.05) is 79.3 Å². The van der Waals surface area contributed by atoms with Gasteiger partial charge in [0.05, 0.1) is 65.1 Å². The molecule has 1 aliphatic carbocycles. The Morgan fingerprint density at radius 2 is 0.961 bits per heavy atom. The Labute approximate surface area is 295 Å². The minimum Gasteiger partial charge on any atom is -0.396 e. The summed E-state index contributed by atoms with van der Waals surface area (Å²) in [5.74, 6) is 0. The minimum absolute atomic E-state index is 0.0191. The zero-order chi connectivity index (χ0) is 38.0. The van der Waals surface area contributed by atoms with Crippen molar-refractivity contribution >= 4 is 0 Å². The average Bonchev–Trinajstić information content (AvgIpc) is 3.05. The molecule has 0 aliphatic heterocycles. The van der Waals surface area contributed by atoms with Gasteiger partial charge in [0.25, 0.3) is 0 Å². The third-order valence-corrected chi connectivity index (χ3v) is 7.35. The maximum Gasteiger partial charge on any atom is 0.495 e. The third kappa shape index (κ3) is 28.2. The van der Waals surface area contributed by atoms with Crippen LogP contribution in [0.1, 0.15) is 77.0 Å². The largest absolute Gasteiger partial charge is 0.495 e. The van der Waals surface area contributed by atoms with Gasteiger partial charge in [0.15, 0.2) is 0 Å². The van der Waals surface area contributed by atoms with E-state index in [2.05, 4.69) is 18.9 Å². The van der Waals surface area contributed by atoms with Gasteiger partial charge in [-0.3, -0.25) is 0 Å². The molecule has 0 radical (unpaired) electrons. The van der Waals surface area contributed by atoms with Gasteiger partial charge in [-0.15, -0.1) is 8.78 Å². The van der Waals surface area contributed by atoms with Gasteiger partial charge in [0.2, 0.25) is 0 Å². The second kappa shape index (κ2) is 27.6. The van der Waals surface area contributed by atoms with E-state index in [4.69, 9.17) is 24.1 Å². The lowest BCUT2D eigenvalue weighted by Gasteiger charge is -2.26. The SMILES string of the molecule is OCCCOCC(O)COCC(O)COCC(F)(F)OC(F)(F)OC(F)(F)COCCOCC(O)COC1CCCCCCCC(O)CCCC1. The Bertz CT molecular complexity index is 837. The molecule has 1 aliphatic rings. The Kier molecular flexibility index (Phi) is 26.0. The predicted octanol–water partition coefficient (Wildman–Crippen LogP) is 3.35.